The van der Waals surface area contributed by atoms with Crippen molar-refractivity contribution in [2.45, 2.75) is 50.7 Å². The van der Waals surface area contributed by atoms with Crippen LogP contribution in [-0.4, -0.2) is 48.5 Å². The van der Waals surface area contributed by atoms with Crippen LogP contribution in [0.1, 0.15) is 48.7 Å². The molecule has 1 atom stereocenters. The minimum atomic E-state index is -0.165. The van der Waals surface area contributed by atoms with Crippen LogP contribution in [0.4, 0.5) is 0 Å². The Bertz CT molecular complexity index is 834. The lowest BCUT2D eigenvalue weighted by atomic mass is 9.76. The normalized spacial score (nSPS) is 21.2. The molecule has 1 aromatic heterocycles. The van der Waals surface area contributed by atoms with E-state index in [0.717, 1.165) is 56.2 Å². The molecule has 4 rings (SSSR count). The third-order valence-electron chi connectivity index (χ3n) is 6.17. The Morgan fingerprint density at radius 2 is 1.93 bits per heavy atom. The topological polar surface area (TPSA) is 45.9 Å². The summed E-state index contributed by atoms with van der Waals surface area (Å²) >= 11 is 0. The first-order chi connectivity index (χ1) is 13.4. The van der Waals surface area contributed by atoms with Crippen LogP contribution in [0, 0.1) is 6.92 Å². The first-order valence-corrected chi connectivity index (χ1v) is 10.2. The predicted molar refractivity (Wildman–Crippen MR) is 108 cm³/mol. The fourth-order valence-electron chi connectivity index (χ4n) is 4.54. The average Bonchev–Trinajstić information content (AvgIpc) is 3.08. The zero-order valence-corrected chi connectivity index (χ0v) is 17.1. The number of likely N-dealkylation sites (tertiary alicyclic amines) is 1. The van der Waals surface area contributed by atoms with Crippen molar-refractivity contribution in [1.29, 1.82) is 0 Å². The van der Waals surface area contributed by atoms with Crippen molar-refractivity contribution in [1.82, 2.24) is 9.80 Å². The van der Waals surface area contributed by atoms with Crippen molar-refractivity contribution < 1.29 is 13.9 Å². The summed E-state index contributed by atoms with van der Waals surface area (Å²) in [6.07, 6.45) is 3.42. The lowest BCUT2D eigenvalue weighted by molar-refractivity contribution is -0.129. The Labute approximate surface area is 167 Å². The Kier molecular flexibility index (Phi) is 5.19. The number of piperidine rings is 1. The van der Waals surface area contributed by atoms with Crippen LogP contribution in [0.3, 0.4) is 0 Å². The van der Waals surface area contributed by atoms with Gasteiger partial charge in [-0.05, 0) is 49.9 Å². The zero-order chi connectivity index (χ0) is 19.7. The molecule has 0 saturated carbocycles. The second-order valence-corrected chi connectivity index (χ2v) is 8.50. The van der Waals surface area contributed by atoms with Crippen LogP contribution in [0.25, 0.3) is 0 Å². The molecule has 3 heterocycles. The van der Waals surface area contributed by atoms with E-state index in [4.69, 9.17) is 9.15 Å². The lowest BCUT2D eigenvalue weighted by Crippen LogP contribution is -2.50. The maximum atomic E-state index is 12.4. The number of fused-ring (bicyclic) bond motifs is 1. The molecule has 28 heavy (non-hydrogen) atoms. The van der Waals surface area contributed by atoms with E-state index in [-0.39, 0.29) is 17.4 Å². The van der Waals surface area contributed by atoms with Gasteiger partial charge < -0.3 is 14.1 Å². The molecule has 1 saturated heterocycles. The van der Waals surface area contributed by atoms with Gasteiger partial charge in [0.1, 0.15) is 22.9 Å². The quantitative estimate of drug-likeness (QED) is 0.803. The van der Waals surface area contributed by atoms with E-state index in [2.05, 4.69) is 23.1 Å². The molecule has 0 N–H and O–H groups in total. The largest absolute Gasteiger partial charge is 0.487 e. The number of aryl methyl sites for hydroxylation is 1. The summed E-state index contributed by atoms with van der Waals surface area (Å²) in [6, 6.07) is 12.3. The molecule has 1 spiro atoms. The van der Waals surface area contributed by atoms with Gasteiger partial charge in [-0.1, -0.05) is 18.2 Å². The molecule has 0 radical (unpaired) electrons. The number of furan rings is 1. The molecule has 2 aliphatic heterocycles. The number of amides is 1. The Morgan fingerprint density at radius 3 is 2.61 bits per heavy atom. The maximum Gasteiger partial charge on any atom is 0.222 e. The second kappa shape index (κ2) is 7.63. The minimum Gasteiger partial charge on any atom is -0.487 e. The third-order valence-corrected chi connectivity index (χ3v) is 6.17. The lowest BCUT2D eigenvalue weighted by Gasteiger charge is -2.47. The van der Waals surface area contributed by atoms with Crippen molar-refractivity contribution in [2.75, 3.05) is 27.2 Å². The van der Waals surface area contributed by atoms with Gasteiger partial charge in [-0.25, -0.2) is 0 Å². The fraction of sp³-hybridized carbons (Fsp3) is 0.522. The van der Waals surface area contributed by atoms with Crippen LogP contribution in [0.15, 0.2) is 40.8 Å². The number of para-hydroxylation sites is 1. The molecule has 2 aromatic rings. The van der Waals surface area contributed by atoms with E-state index in [1.165, 1.54) is 5.56 Å². The highest BCUT2D eigenvalue weighted by atomic mass is 16.5. The molecule has 2 aliphatic rings. The first kappa shape index (κ1) is 19.1. The zero-order valence-electron chi connectivity index (χ0n) is 17.1. The number of benzene rings is 1. The van der Waals surface area contributed by atoms with Crippen molar-refractivity contribution in [3.8, 4) is 5.75 Å². The molecule has 1 fully saturated rings. The van der Waals surface area contributed by atoms with E-state index >= 15 is 0 Å². The maximum absolute atomic E-state index is 12.4. The van der Waals surface area contributed by atoms with E-state index < -0.39 is 0 Å². The Balaban J connectivity index is 1.47. The number of carbonyl (C=O) groups is 1. The van der Waals surface area contributed by atoms with Crippen molar-refractivity contribution in [3.05, 3.63) is 53.5 Å². The van der Waals surface area contributed by atoms with Gasteiger partial charge in [0.2, 0.25) is 5.91 Å². The molecule has 1 unspecified atom stereocenters. The Hall–Kier alpha value is -2.27. The highest BCUT2D eigenvalue weighted by Gasteiger charge is 2.43. The smallest absolute Gasteiger partial charge is 0.222 e. The SMILES string of the molecule is Cc1ccc(CN2CCC3(CC2)CC(CC(=O)N(C)C)c2ccccc2O3)o1. The number of nitrogens with zero attached hydrogens (tertiary/aromatic N) is 2. The van der Waals surface area contributed by atoms with E-state index in [1.54, 1.807) is 4.90 Å². The van der Waals surface area contributed by atoms with Crippen LogP contribution >= 0.6 is 0 Å². The summed E-state index contributed by atoms with van der Waals surface area (Å²) in [4.78, 5) is 16.5. The first-order valence-electron chi connectivity index (χ1n) is 10.2. The summed E-state index contributed by atoms with van der Waals surface area (Å²) in [5, 5.41) is 0. The summed E-state index contributed by atoms with van der Waals surface area (Å²) in [7, 11) is 3.66. The molecule has 0 aliphatic carbocycles. The van der Waals surface area contributed by atoms with E-state index in [9.17, 15) is 4.79 Å². The molecule has 5 nitrogen and oxygen atoms in total. The van der Waals surface area contributed by atoms with E-state index in [1.807, 2.05) is 39.2 Å². The number of hydrogen-bond acceptors (Lipinski definition) is 4. The molecule has 5 heteroatoms. The number of hydrogen-bond donors (Lipinski definition) is 0. The molecular formula is C23H30N2O3. The second-order valence-electron chi connectivity index (χ2n) is 8.50. The molecule has 0 bridgehead atoms. The molecule has 1 amide bonds. The molecule has 150 valence electrons. The van der Waals surface area contributed by atoms with Gasteiger partial charge in [0, 0.05) is 39.5 Å². The number of ether oxygens (including phenoxy) is 1. The average molecular weight is 383 g/mol. The summed E-state index contributed by atoms with van der Waals surface area (Å²) in [5.41, 5.74) is 1.01. The van der Waals surface area contributed by atoms with Crippen molar-refractivity contribution >= 4 is 5.91 Å². The van der Waals surface area contributed by atoms with Crippen LogP contribution in [0.5, 0.6) is 5.75 Å². The van der Waals surface area contributed by atoms with Gasteiger partial charge >= 0.3 is 0 Å². The van der Waals surface area contributed by atoms with Gasteiger partial charge in [-0.2, -0.15) is 0 Å². The van der Waals surface area contributed by atoms with Crippen LogP contribution in [0.2, 0.25) is 0 Å². The number of carbonyl (C=O) groups excluding carboxylic acids is 1. The minimum absolute atomic E-state index is 0.165. The van der Waals surface area contributed by atoms with Gasteiger partial charge in [0.25, 0.3) is 0 Å². The summed E-state index contributed by atoms with van der Waals surface area (Å²) in [6.45, 7) is 4.80. The molecule has 1 aromatic carbocycles. The fourth-order valence-corrected chi connectivity index (χ4v) is 4.54. The predicted octanol–water partition coefficient (Wildman–Crippen LogP) is 3.97. The van der Waals surface area contributed by atoms with Crippen LogP contribution < -0.4 is 4.74 Å². The summed E-state index contributed by atoms with van der Waals surface area (Å²) < 4.78 is 12.3. The van der Waals surface area contributed by atoms with Crippen LogP contribution in [-0.2, 0) is 11.3 Å². The van der Waals surface area contributed by atoms with E-state index in [0.29, 0.717) is 6.42 Å². The highest BCUT2D eigenvalue weighted by Crippen LogP contribution is 2.46. The van der Waals surface area contributed by atoms with Crippen molar-refractivity contribution in [3.63, 3.8) is 0 Å². The van der Waals surface area contributed by atoms with Gasteiger partial charge in [0.15, 0.2) is 0 Å². The monoisotopic (exact) mass is 382 g/mol. The highest BCUT2D eigenvalue weighted by molar-refractivity contribution is 5.76. The van der Waals surface area contributed by atoms with Gasteiger partial charge in [-0.15, -0.1) is 0 Å². The van der Waals surface area contributed by atoms with Crippen molar-refractivity contribution in [2.24, 2.45) is 0 Å². The standard InChI is InChI=1S/C23H30N2O3/c1-17-8-9-19(27-17)16-25-12-10-23(11-13-25)15-18(14-22(26)24(2)3)20-6-4-5-7-21(20)28-23/h4-9,18H,10-16H2,1-3H3. The number of rotatable bonds is 4. The Morgan fingerprint density at radius 1 is 1.18 bits per heavy atom. The van der Waals surface area contributed by atoms with Gasteiger partial charge in [0.05, 0.1) is 6.54 Å². The summed E-state index contributed by atoms with van der Waals surface area (Å²) in [5.74, 6) is 3.35. The molecular weight excluding hydrogens is 352 g/mol. The third kappa shape index (κ3) is 3.95. The van der Waals surface area contributed by atoms with Gasteiger partial charge in [-0.3, -0.25) is 9.69 Å².